The van der Waals surface area contributed by atoms with Gasteiger partial charge in [0.25, 0.3) is 12.4 Å². The van der Waals surface area contributed by atoms with E-state index in [4.69, 9.17) is 9.47 Å². The third-order valence-electron chi connectivity index (χ3n) is 12.6. The second-order valence-electron chi connectivity index (χ2n) is 20.0. The van der Waals surface area contributed by atoms with Crippen molar-refractivity contribution in [1.29, 1.82) is 0 Å². The second-order valence-corrected chi connectivity index (χ2v) is 21.0. The number of likely N-dealkylation sites (N-methyl/N-ethyl adjacent to an activating group) is 2. The van der Waals surface area contributed by atoms with Gasteiger partial charge in [-0.2, -0.15) is 5.10 Å². The summed E-state index contributed by atoms with van der Waals surface area (Å²) in [6, 6.07) is 12.7. The van der Waals surface area contributed by atoms with Gasteiger partial charge < -0.3 is 34.5 Å². The minimum absolute atomic E-state index is 0.0435. The molecule has 2 aromatic carbocycles. The number of carbonyl (C=O) groups excluding carboxylic acids is 4. The molecule has 2 aliphatic heterocycles. The fraction of sp³-hybridized carbons (Fsp3) is 0.536. The first-order valence-corrected chi connectivity index (χ1v) is 25.7. The molecule has 0 bridgehead atoms. The number of pyridine rings is 1. The number of hydrazone groups is 1. The number of carbonyl (C=O) groups is 4. The fourth-order valence-corrected chi connectivity index (χ4v) is 8.95. The number of anilines is 1. The molecule has 2 unspecified atom stereocenters. The second kappa shape index (κ2) is 31.7. The Morgan fingerprint density at radius 2 is 1.74 bits per heavy atom. The van der Waals surface area contributed by atoms with E-state index in [0.29, 0.717) is 44.9 Å². The standard InChI is InChI=1S/C44H60N6O6.C6H13NO.C4H9NS.C2H2/c1-9-49(26-38-25-45-18-15-36(38)27-55-8)41-13-12-34(23-35(41)14-16-44(5,6)28-56-30-52)37-20-33(21-39(53)24-37)22-40(43(54)50-19-11-10-17-46-50)47-32(4)42(31(2)3)48(7)29-51;1-6(2,5-8)7(3)4;1-5-2-3-6-4-5;1-2/h12-13,15,17-18,20-21,23-25,29-31,40,42,47,53H,4,9-11,14,16,19,22,26-28H2,1-3,5-8H3;5H,1-4H3;2-4H2,1H3;1-2H. The number of nitrogens with one attached hydrogen (secondary N) is 1. The molecule has 1 aromatic heterocycles. The normalized spacial score (nSPS) is 14.3. The van der Waals surface area contributed by atoms with Crippen LogP contribution in [-0.2, 0) is 54.6 Å². The Morgan fingerprint density at radius 3 is 2.26 bits per heavy atom. The molecule has 396 valence electrons. The Morgan fingerprint density at radius 1 is 1.01 bits per heavy atom. The van der Waals surface area contributed by atoms with Gasteiger partial charge in [0.1, 0.15) is 18.1 Å². The van der Waals surface area contributed by atoms with Gasteiger partial charge in [-0.1, -0.05) is 46.4 Å². The summed E-state index contributed by atoms with van der Waals surface area (Å²) in [6.07, 6.45) is 18.5. The fourth-order valence-electron chi connectivity index (χ4n) is 7.94. The van der Waals surface area contributed by atoms with Gasteiger partial charge in [-0.15, -0.1) is 24.6 Å². The molecule has 2 N–H and O–H groups in total. The van der Waals surface area contributed by atoms with Crippen LogP contribution in [-0.4, -0.2) is 152 Å². The van der Waals surface area contributed by atoms with E-state index in [-0.39, 0.29) is 41.0 Å². The molecule has 16 heteroatoms. The van der Waals surface area contributed by atoms with E-state index in [1.807, 2.05) is 76.8 Å². The number of ether oxygens (including phenoxy) is 2. The maximum atomic E-state index is 14.0. The topological polar surface area (TPSA) is 160 Å². The zero-order valence-electron chi connectivity index (χ0n) is 45.2. The van der Waals surface area contributed by atoms with Crippen molar-refractivity contribution in [3.63, 3.8) is 0 Å². The predicted molar refractivity (Wildman–Crippen MR) is 295 cm³/mol. The van der Waals surface area contributed by atoms with Crippen molar-refractivity contribution < 1.29 is 33.8 Å². The van der Waals surface area contributed by atoms with E-state index in [1.54, 1.807) is 43.6 Å². The lowest BCUT2D eigenvalue weighted by molar-refractivity contribution is -0.133. The van der Waals surface area contributed by atoms with Crippen molar-refractivity contribution in [3.8, 4) is 29.7 Å². The number of amides is 2. The largest absolute Gasteiger partial charge is 0.508 e. The maximum Gasteiger partial charge on any atom is 0.293 e. The molecular weight excluding hydrogens is 929 g/mol. The summed E-state index contributed by atoms with van der Waals surface area (Å²) in [6.45, 7) is 22.8. The minimum atomic E-state index is -0.754. The van der Waals surface area contributed by atoms with Gasteiger partial charge in [-0.25, -0.2) is 5.01 Å². The third kappa shape index (κ3) is 20.4. The molecule has 2 atom stereocenters. The summed E-state index contributed by atoms with van der Waals surface area (Å²) in [5.41, 5.74) is 6.80. The van der Waals surface area contributed by atoms with Crippen molar-refractivity contribution >= 4 is 48.7 Å². The lowest BCUT2D eigenvalue weighted by Gasteiger charge is -2.34. The van der Waals surface area contributed by atoms with Crippen LogP contribution in [0.3, 0.4) is 0 Å². The Hall–Kier alpha value is -5.73. The van der Waals surface area contributed by atoms with Crippen LogP contribution < -0.4 is 10.2 Å². The van der Waals surface area contributed by atoms with Crippen LogP contribution in [0, 0.1) is 24.2 Å². The molecule has 0 aliphatic carbocycles. The van der Waals surface area contributed by atoms with Crippen molar-refractivity contribution in [1.82, 2.24) is 30.0 Å². The van der Waals surface area contributed by atoms with Crippen LogP contribution >= 0.6 is 11.8 Å². The van der Waals surface area contributed by atoms with E-state index in [9.17, 15) is 24.3 Å². The average Bonchev–Trinajstić information content (AvgIpc) is 3.86. The summed E-state index contributed by atoms with van der Waals surface area (Å²) in [5, 5.41) is 20.3. The lowest BCUT2D eigenvalue weighted by atomic mass is 9.86. The van der Waals surface area contributed by atoms with Crippen LogP contribution in [0.4, 0.5) is 5.69 Å². The monoisotopic (exact) mass is 1010 g/mol. The van der Waals surface area contributed by atoms with E-state index in [0.717, 1.165) is 77.6 Å². The number of phenols is 1. The Labute approximate surface area is 435 Å². The average molecular weight is 1010 g/mol. The zero-order valence-corrected chi connectivity index (χ0v) is 46.0. The first-order valence-electron chi connectivity index (χ1n) is 24.6. The number of aromatic nitrogens is 1. The summed E-state index contributed by atoms with van der Waals surface area (Å²) in [7, 11) is 9.31. The highest BCUT2D eigenvalue weighted by atomic mass is 32.2. The summed E-state index contributed by atoms with van der Waals surface area (Å²) in [4.78, 5) is 59.5. The van der Waals surface area contributed by atoms with Gasteiger partial charge in [-0.05, 0) is 143 Å². The molecule has 0 saturated carbocycles. The number of phenolic OH excluding ortho intramolecular Hbond substituents is 1. The molecule has 2 aliphatic rings. The highest BCUT2D eigenvalue weighted by Crippen LogP contribution is 2.35. The Balaban J connectivity index is 0.000000950. The first kappa shape index (κ1) is 62.4. The van der Waals surface area contributed by atoms with Gasteiger partial charge in [-0.3, -0.25) is 29.2 Å². The van der Waals surface area contributed by atoms with Gasteiger partial charge >= 0.3 is 0 Å². The van der Waals surface area contributed by atoms with Crippen LogP contribution in [0.25, 0.3) is 11.1 Å². The highest BCUT2D eigenvalue weighted by molar-refractivity contribution is 7.99. The number of benzene rings is 2. The van der Waals surface area contributed by atoms with Crippen LogP contribution in [0.1, 0.15) is 90.0 Å². The van der Waals surface area contributed by atoms with Crippen molar-refractivity contribution in [2.45, 2.75) is 111 Å². The Bertz CT molecular complexity index is 2210. The number of aryl methyl sites for hydroxylation is 1. The van der Waals surface area contributed by atoms with Gasteiger partial charge in [0.15, 0.2) is 0 Å². The van der Waals surface area contributed by atoms with Crippen molar-refractivity contribution in [3.05, 3.63) is 89.4 Å². The lowest BCUT2D eigenvalue weighted by Crippen LogP contribution is -2.50. The number of aromatic hydroxyl groups is 1. The predicted octanol–water partition coefficient (Wildman–Crippen LogP) is 7.89. The van der Waals surface area contributed by atoms with E-state index < -0.39 is 6.04 Å². The maximum absolute atomic E-state index is 14.0. The quantitative estimate of drug-likeness (QED) is 0.0660. The van der Waals surface area contributed by atoms with E-state index in [2.05, 4.69) is 90.6 Å². The molecule has 72 heavy (non-hydrogen) atoms. The number of terminal acetylenes is 1. The van der Waals surface area contributed by atoms with Crippen LogP contribution in [0.15, 0.2) is 72.2 Å². The van der Waals surface area contributed by atoms with Crippen LogP contribution in [0.5, 0.6) is 5.75 Å². The van der Waals surface area contributed by atoms with E-state index >= 15 is 0 Å². The van der Waals surface area contributed by atoms with Gasteiger partial charge in [0.2, 0.25) is 6.41 Å². The zero-order chi connectivity index (χ0) is 54.0. The molecular formula is C56H84N8O7S. The number of hydrogen-bond acceptors (Lipinski definition) is 14. The van der Waals surface area contributed by atoms with Crippen molar-refractivity contribution in [2.75, 3.05) is 78.1 Å². The Kier molecular flexibility index (Phi) is 27.4. The molecule has 3 aromatic rings. The molecule has 0 spiro atoms. The summed E-state index contributed by atoms with van der Waals surface area (Å²) < 4.78 is 10.6. The van der Waals surface area contributed by atoms with Gasteiger partial charge in [0.05, 0.1) is 24.8 Å². The van der Waals surface area contributed by atoms with Crippen LogP contribution in [0.2, 0.25) is 0 Å². The number of thioether (sulfide) groups is 1. The smallest absolute Gasteiger partial charge is 0.293 e. The molecule has 15 nitrogen and oxygen atoms in total. The SMILES string of the molecule is C#C.C=C(NC(Cc1cc(O)cc(-c2ccc(N(CC)Cc3cnccc3COC)c(CCC(C)(C)COC=O)c2)c1)C(=O)N1CCCC=N1)C(C(C)C)N(C)C=O.CN(C)C(C)(C)C=O.CN1CCSC1. The third-order valence-corrected chi connectivity index (χ3v) is 13.7. The first-order chi connectivity index (χ1) is 34.2. The molecule has 0 radical (unpaired) electrons. The van der Waals surface area contributed by atoms with Gasteiger partial charge in [0, 0.05) is 88.4 Å². The number of rotatable bonds is 24. The minimum Gasteiger partial charge on any atom is -0.508 e. The molecule has 1 saturated heterocycles. The number of nitrogens with zero attached hydrogens (tertiary/aromatic N) is 7. The number of methoxy groups -OCH3 is 1. The summed E-state index contributed by atoms with van der Waals surface area (Å²) >= 11 is 2.01. The highest BCUT2D eigenvalue weighted by Gasteiger charge is 2.30. The summed E-state index contributed by atoms with van der Waals surface area (Å²) in [5.74, 6) is 2.48. The van der Waals surface area contributed by atoms with Crippen molar-refractivity contribution in [2.24, 2.45) is 16.4 Å². The van der Waals surface area contributed by atoms with E-state index in [1.165, 1.54) is 23.2 Å². The number of hydrogen-bond donors (Lipinski definition) is 2. The molecule has 1 fully saturated rings. The molecule has 5 rings (SSSR count). The molecule has 3 heterocycles. The molecule has 2 amide bonds. The number of aldehydes is 1.